The van der Waals surface area contributed by atoms with E-state index < -0.39 is 6.10 Å². The van der Waals surface area contributed by atoms with Gasteiger partial charge in [0.25, 0.3) is 0 Å². The fourth-order valence-electron chi connectivity index (χ4n) is 1.72. The van der Waals surface area contributed by atoms with Crippen LogP contribution in [-0.4, -0.2) is 24.9 Å². The SMILES string of the molecule is Cc1cnc(C(O)Cc2cc(C)nn2C)nc1. The van der Waals surface area contributed by atoms with Crippen LogP contribution in [0.15, 0.2) is 18.5 Å². The number of hydrogen-bond acceptors (Lipinski definition) is 4. The molecule has 1 unspecified atom stereocenters. The van der Waals surface area contributed by atoms with Crippen molar-refractivity contribution < 1.29 is 5.11 Å². The van der Waals surface area contributed by atoms with Gasteiger partial charge in [0.1, 0.15) is 6.10 Å². The second-order valence-corrected chi connectivity index (χ2v) is 4.24. The Labute approximate surface area is 100 Å². The summed E-state index contributed by atoms with van der Waals surface area (Å²) < 4.78 is 1.77. The van der Waals surface area contributed by atoms with Gasteiger partial charge < -0.3 is 5.11 Å². The highest BCUT2D eigenvalue weighted by atomic mass is 16.3. The summed E-state index contributed by atoms with van der Waals surface area (Å²) in [6.45, 7) is 3.85. The third kappa shape index (κ3) is 2.68. The van der Waals surface area contributed by atoms with Gasteiger partial charge in [-0.3, -0.25) is 4.68 Å². The Balaban J connectivity index is 2.13. The molecule has 2 aromatic rings. The van der Waals surface area contributed by atoms with Crippen LogP contribution in [0.4, 0.5) is 0 Å². The molecule has 0 aliphatic heterocycles. The minimum absolute atomic E-state index is 0.453. The molecule has 0 aliphatic carbocycles. The molecular formula is C12H16N4O. The first-order chi connectivity index (χ1) is 8.06. The van der Waals surface area contributed by atoms with Gasteiger partial charge in [-0.2, -0.15) is 5.10 Å². The van der Waals surface area contributed by atoms with Crippen molar-refractivity contribution in [3.63, 3.8) is 0 Å². The summed E-state index contributed by atoms with van der Waals surface area (Å²) >= 11 is 0. The van der Waals surface area contributed by atoms with Gasteiger partial charge in [0.15, 0.2) is 5.82 Å². The summed E-state index contributed by atoms with van der Waals surface area (Å²) in [6.07, 6.45) is 3.20. The standard InChI is InChI=1S/C12H16N4O/c1-8-6-13-12(14-7-8)11(17)5-10-4-9(2)15-16(10)3/h4,6-7,11,17H,5H2,1-3H3. The molecule has 2 aromatic heterocycles. The van der Waals surface area contributed by atoms with Gasteiger partial charge in [0, 0.05) is 31.6 Å². The van der Waals surface area contributed by atoms with Gasteiger partial charge in [0.2, 0.25) is 0 Å². The van der Waals surface area contributed by atoms with Gasteiger partial charge in [-0.15, -0.1) is 0 Å². The van der Waals surface area contributed by atoms with Crippen molar-refractivity contribution >= 4 is 0 Å². The highest BCUT2D eigenvalue weighted by molar-refractivity contribution is 5.12. The molecule has 0 bridgehead atoms. The Morgan fingerprint density at radius 2 is 1.94 bits per heavy atom. The molecule has 5 heteroatoms. The molecular weight excluding hydrogens is 216 g/mol. The summed E-state index contributed by atoms with van der Waals surface area (Å²) in [5.41, 5.74) is 2.90. The van der Waals surface area contributed by atoms with E-state index in [0.29, 0.717) is 12.2 Å². The van der Waals surface area contributed by atoms with Crippen LogP contribution in [0, 0.1) is 13.8 Å². The Hall–Kier alpha value is -1.75. The summed E-state index contributed by atoms with van der Waals surface area (Å²) in [6, 6.07) is 1.96. The van der Waals surface area contributed by atoms with Crippen LogP contribution < -0.4 is 0 Å². The van der Waals surface area contributed by atoms with Crippen LogP contribution in [0.1, 0.15) is 28.9 Å². The van der Waals surface area contributed by atoms with E-state index >= 15 is 0 Å². The number of rotatable bonds is 3. The first-order valence-corrected chi connectivity index (χ1v) is 5.52. The van der Waals surface area contributed by atoms with Crippen molar-refractivity contribution in [2.45, 2.75) is 26.4 Å². The second kappa shape index (κ2) is 4.63. The Bertz CT molecular complexity index is 504. The van der Waals surface area contributed by atoms with E-state index in [1.54, 1.807) is 17.1 Å². The number of nitrogens with zero attached hydrogens (tertiary/aromatic N) is 4. The second-order valence-electron chi connectivity index (χ2n) is 4.24. The molecule has 17 heavy (non-hydrogen) atoms. The minimum atomic E-state index is -0.689. The highest BCUT2D eigenvalue weighted by Crippen LogP contribution is 2.14. The van der Waals surface area contributed by atoms with Crippen molar-refractivity contribution in [1.82, 2.24) is 19.7 Å². The molecule has 0 aliphatic rings. The molecule has 1 N–H and O–H groups in total. The first kappa shape index (κ1) is 11.7. The lowest BCUT2D eigenvalue weighted by atomic mass is 10.1. The topological polar surface area (TPSA) is 63.8 Å². The minimum Gasteiger partial charge on any atom is -0.385 e. The van der Waals surface area contributed by atoms with Gasteiger partial charge >= 0.3 is 0 Å². The third-order valence-corrected chi connectivity index (χ3v) is 2.60. The number of aromatic nitrogens is 4. The Morgan fingerprint density at radius 1 is 1.29 bits per heavy atom. The van der Waals surface area contributed by atoms with Crippen LogP contribution in [-0.2, 0) is 13.5 Å². The number of aryl methyl sites for hydroxylation is 3. The lowest BCUT2D eigenvalue weighted by Gasteiger charge is -2.09. The van der Waals surface area contributed by atoms with Crippen molar-refractivity contribution in [3.05, 3.63) is 41.2 Å². The smallest absolute Gasteiger partial charge is 0.157 e. The molecule has 0 aromatic carbocycles. The highest BCUT2D eigenvalue weighted by Gasteiger charge is 2.14. The van der Waals surface area contributed by atoms with Crippen molar-refractivity contribution in [2.75, 3.05) is 0 Å². The fraction of sp³-hybridized carbons (Fsp3) is 0.417. The van der Waals surface area contributed by atoms with Crippen LogP contribution >= 0.6 is 0 Å². The largest absolute Gasteiger partial charge is 0.385 e. The average molecular weight is 232 g/mol. The maximum atomic E-state index is 10.0. The van der Waals surface area contributed by atoms with E-state index in [9.17, 15) is 5.11 Å². The van der Waals surface area contributed by atoms with E-state index in [-0.39, 0.29) is 0 Å². The first-order valence-electron chi connectivity index (χ1n) is 5.52. The van der Waals surface area contributed by atoms with Gasteiger partial charge in [-0.1, -0.05) is 0 Å². The maximum Gasteiger partial charge on any atom is 0.157 e. The van der Waals surface area contributed by atoms with E-state index in [1.807, 2.05) is 27.0 Å². The Morgan fingerprint density at radius 3 is 2.47 bits per heavy atom. The molecule has 0 amide bonds. The zero-order chi connectivity index (χ0) is 12.4. The fourth-order valence-corrected chi connectivity index (χ4v) is 1.72. The lowest BCUT2D eigenvalue weighted by molar-refractivity contribution is 0.165. The van der Waals surface area contributed by atoms with Crippen LogP contribution in [0.3, 0.4) is 0 Å². The number of aliphatic hydroxyl groups excluding tert-OH is 1. The molecule has 0 fully saturated rings. The molecule has 90 valence electrons. The predicted molar refractivity (Wildman–Crippen MR) is 63.4 cm³/mol. The number of aliphatic hydroxyl groups is 1. The van der Waals surface area contributed by atoms with Gasteiger partial charge in [-0.05, 0) is 25.5 Å². The normalized spacial score (nSPS) is 12.7. The lowest BCUT2D eigenvalue weighted by Crippen LogP contribution is -2.09. The van der Waals surface area contributed by atoms with E-state index in [1.165, 1.54) is 0 Å². The van der Waals surface area contributed by atoms with E-state index in [2.05, 4.69) is 15.1 Å². The molecule has 2 rings (SSSR count). The van der Waals surface area contributed by atoms with Gasteiger partial charge in [0.05, 0.1) is 5.69 Å². The van der Waals surface area contributed by atoms with Crippen LogP contribution in [0.25, 0.3) is 0 Å². The summed E-state index contributed by atoms with van der Waals surface area (Å²) in [7, 11) is 1.87. The van der Waals surface area contributed by atoms with Crippen molar-refractivity contribution in [1.29, 1.82) is 0 Å². The van der Waals surface area contributed by atoms with E-state index in [4.69, 9.17) is 0 Å². The maximum absolute atomic E-state index is 10.0. The average Bonchev–Trinajstić information content (AvgIpc) is 2.58. The molecule has 0 saturated heterocycles. The van der Waals surface area contributed by atoms with Crippen molar-refractivity contribution in [2.24, 2.45) is 7.05 Å². The molecule has 1 atom stereocenters. The van der Waals surface area contributed by atoms with Crippen molar-refractivity contribution in [3.8, 4) is 0 Å². The molecule has 0 radical (unpaired) electrons. The zero-order valence-electron chi connectivity index (χ0n) is 10.3. The molecule has 2 heterocycles. The van der Waals surface area contributed by atoms with Crippen LogP contribution in [0.2, 0.25) is 0 Å². The van der Waals surface area contributed by atoms with E-state index in [0.717, 1.165) is 17.0 Å². The number of hydrogen-bond donors (Lipinski definition) is 1. The quantitative estimate of drug-likeness (QED) is 0.860. The zero-order valence-corrected chi connectivity index (χ0v) is 10.3. The van der Waals surface area contributed by atoms with Gasteiger partial charge in [-0.25, -0.2) is 9.97 Å². The molecule has 5 nitrogen and oxygen atoms in total. The molecule has 0 spiro atoms. The Kier molecular flexibility index (Phi) is 3.19. The monoisotopic (exact) mass is 232 g/mol. The predicted octanol–water partition coefficient (Wildman–Crippen LogP) is 1.10. The molecule has 0 saturated carbocycles. The third-order valence-electron chi connectivity index (χ3n) is 2.60. The van der Waals surface area contributed by atoms with Crippen LogP contribution in [0.5, 0.6) is 0 Å². The summed E-state index contributed by atoms with van der Waals surface area (Å²) in [5.74, 6) is 0.453. The summed E-state index contributed by atoms with van der Waals surface area (Å²) in [5, 5.41) is 14.3. The summed E-state index contributed by atoms with van der Waals surface area (Å²) in [4.78, 5) is 8.24.